The van der Waals surface area contributed by atoms with Crippen LogP contribution in [-0.2, 0) is 0 Å². The van der Waals surface area contributed by atoms with Crippen LogP contribution >= 0.6 is 0 Å². The van der Waals surface area contributed by atoms with E-state index in [1.54, 1.807) is 0 Å². The molecule has 1 fully saturated rings. The van der Waals surface area contributed by atoms with Gasteiger partial charge in [-0.05, 0) is 61.6 Å². The third kappa shape index (κ3) is 5.45. The molecule has 0 aromatic carbocycles. The molecule has 0 amide bonds. The second kappa shape index (κ2) is 6.16. The van der Waals surface area contributed by atoms with Crippen molar-refractivity contribution in [2.45, 2.75) is 80.6 Å². The predicted molar refractivity (Wildman–Crippen MR) is 86.5 cm³/mol. The molecule has 0 radical (unpaired) electrons. The lowest BCUT2D eigenvalue weighted by Gasteiger charge is -2.48. The SMILES string of the molecule is CC(C)(C)CCCCN1CCC(C)(C(C)(C)C)CC1. The smallest absolute Gasteiger partial charge is 0.00133 e. The van der Waals surface area contributed by atoms with Crippen LogP contribution in [0.4, 0.5) is 0 Å². The highest BCUT2D eigenvalue weighted by Gasteiger charge is 2.39. The number of rotatable bonds is 4. The highest BCUT2D eigenvalue weighted by Crippen LogP contribution is 2.46. The van der Waals surface area contributed by atoms with E-state index in [0.717, 1.165) is 0 Å². The summed E-state index contributed by atoms with van der Waals surface area (Å²) in [6, 6.07) is 0. The molecule has 0 spiro atoms. The number of hydrogen-bond donors (Lipinski definition) is 0. The predicted octanol–water partition coefficient (Wildman–Crippen LogP) is 5.35. The maximum atomic E-state index is 2.69. The Morgan fingerprint density at radius 2 is 1.42 bits per heavy atom. The van der Waals surface area contributed by atoms with E-state index in [4.69, 9.17) is 0 Å². The Morgan fingerprint density at radius 3 is 1.84 bits per heavy atom. The molecule has 0 unspecified atom stereocenters. The van der Waals surface area contributed by atoms with Crippen LogP contribution in [0.2, 0.25) is 0 Å². The first-order valence-corrected chi connectivity index (χ1v) is 8.26. The first-order chi connectivity index (χ1) is 8.54. The normalized spacial score (nSPS) is 21.6. The van der Waals surface area contributed by atoms with Gasteiger partial charge in [0.25, 0.3) is 0 Å². The van der Waals surface area contributed by atoms with E-state index in [0.29, 0.717) is 16.2 Å². The Labute approximate surface area is 122 Å². The van der Waals surface area contributed by atoms with Crippen molar-refractivity contribution in [2.24, 2.45) is 16.2 Å². The third-order valence-electron chi connectivity index (χ3n) is 5.42. The van der Waals surface area contributed by atoms with E-state index in [9.17, 15) is 0 Å². The first kappa shape index (κ1) is 17.0. The highest BCUT2D eigenvalue weighted by atomic mass is 15.1. The molecule has 1 nitrogen and oxygen atoms in total. The van der Waals surface area contributed by atoms with Crippen molar-refractivity contribution >= 4 is 0 Å². The third-order valence-corrected chi connectivity index (χ3v) is 5.42. The lowest BCUT2D eigenvalue weighted by molar-refractivity contribution is 0.0218. The first-order valence-electron chi connectivity index (χ1n) is 8.26. The summed E-state index contributed by atoms with van der Waals surface area (Å²) in [5.74, 6) is 0. The van der Waals surface area contributed by atoms with Crippen LogP contribution < -0.4 is 0 Å². The molecule has 0 saturated carbocycles. The molecule has 0 N–H and O–H groups in total. The molecule has 1 heterocycles. The number of hydrogen-bond acceptors (Lipinski definition) is 1. The van der Waals surface area contributed by atoms with Gasteiger partial charge in [-0.3, -0.25) is 0 Å². The van der Waals surface area contributed by atoms with Gasteiger partial charge in [0.1, 0.15) is 0 Å². The average Bonchev–Trinajstić information content (AvgIpc) is 2.24. The topological polar surface area (TPSA) is 3.24 Å². The molecule has 0 aromatic rings. The molecule has 0 aliphatic carbocycles. The Morgan fingerprint density at radius 1 is 0.895 bits per heavy atom. The summed E-state index contributed by atoms with van der Waals surface area (Å²) in [6.45, 7) is 20.7. The van der Waals surface area contributed by atoms with Gasteiger partial charge in [0.2, 0.25) is 0 Å². The fourth-order valence-corrected chi connectivity index (χ4v) is 3.01. The van der Waals surface area contributed by atoms with E-state index >= 15 is 0 Å². The molecule has 1 heteroatoms. The summed E-state index contributed by atoms with van der Waals surface area (Å²) < 4.78 is 0. The second-order valence-corrected chi connectivity index (χ2v) is 9.17. The largest absolute Gasteiger partial charge is 0.303 e. The van der Waals surface area contributed by atoms with Gasteiger partial charge in [-0.2, -0.15) is 0 Å². The zero-order valence-electron chi connectivity index (χ0n) is 14.6. The zero-order chi connectivity index (χ0) is 14.7. The van der Waals surface area contributed by atoms with Crippen LogP contribution in [-0.4, -0.2) is 24.5 Å². The van der Waals surface area contributed by atoms with Gasteiger partial charge >= 0.3 is 0 Å². The van der Waals surface area contributed by atoms with Crippen LogP contribution in [0.3, 0.4) is 0 Å². The summed E-state index contributed by atoms with van der Waals surface area (Å²) in [5.41, 5.74) is 1.49. The van der Waals surface area contributed by atoms with Crippen LogP contribution in [0.1, 0.15) is 80.6 Å². The Balaban J connectivity index is 2.24. The Hall–Kier alpha value is -0.0400. The second-order valence-electron chi connectivity index (χ2n) is 9.17. The molecule has 1 aliphatic heterocycles. The van der Waals surface area contributed by atoms with Gasteiger partial charge in [0.15, 0.2) is 0 Å². The van der Waals surface area contributed by atoms with Gasteiger partial charge in [0, 0.05) is 0 Å². The zero-order valence-corrected chi connectivity index (χ0v) is 14.6. The molecule has 0 atom stereocenters. The Bertz CT molecular complexity index is 258. The highest BCUT2D eigenvalue weighted by molar-refractivity contribution is 4.91. The van der Waals surface area contributed by atoms with Crippen molar-refractivity contribution in [1.82, 2.24) is 4.90 Å². The van der Waals surface area contributed by atoms with Crippen molar-refractivity contribution < 1.29 is 0 Å². The van der Waals surface area contributed by atoms with E-state index < -0.39 is 0 Å². The average molecular weight is 268 g/mol. The summed E-state index contributed by atoms with van der Waals surface area (Å²) in [5, 5.41) is 0. The van der Waals surface area contributed by atoms with Gasteiger partial charge < -0.3 is 4.90 Å². The van der Waals surface area contributed by atoms with Crippen molar-refractivity contribution in [1.29, 1.82) is 0 Å². The van der Waals surface area contributed by atoms with Crippen molar-refractivity contribution in [3.8, 4) is 0 Å². The van der Waals surface area contributed by atoms with Crippen molar-refractivity contribution in [3.63, 3.8) is 0 Å². The summed E-state index contributed by atoms with van der Waals surface area (Å²) >= 11 is 0. The molecular formula is C18H37N. The maximum Gasteiger partial charge on any atom is -0.00133 e. The van der Waals surface area contributed by atoms with Crippen molar-refractivity contribution in [2.75, 3.05) is 19.6 Å². The minimum absolute atomic E-state index is 0.450. The molecule has 0 aromatic heterocycles. The van der Waals surface area contributed by atoms with Gasteiger partial charge in [-0.15, -0.1) is 0 Å². The molecular weight excluding hydrogens is 230 g/mol. The standard InChI is InChI=1S/C18H37N/c1-16(2,3)10-8-9-13-19-14-11-18(7,12-15-19)17(4,5)6/h8-15H2,1-7H3. The minimum atomic E-state index is 0.450. The number of unbranched alkanes of at least 4 members (excludes halogenated alkanes) is 1. The van der Waals surface area contributed by atoms with Gasteiger partial charge in [0.05, 0.1) is 0 Å². The molecule has 0 bridgehead atoms. The van der Waals surface area contributed by atoms with E-state index in [1.165, 1.54) is 51.7 Å². The molecule has 114 valence electrons. The minimum Gasteiger partial charge on any atom is -0.303 e. The lowest BCUT2D eigenvalue weighted by Crippen LogP contribution is -2.45. The fourth-order valence-electron chi connectivity index (χ4n) is 3.01. The Kier molecular flexibility index (Phi) is 5.52. The quantitative estimate of drug-likeness (QED) is 0.621. The summed E-state index contributed by atoms with van der Waals surface area (Å²) in [6.07, 6.45) is 6.87. The number of likely N-dealkylation sites (tertiary alicyclic amines) is 1. The van der Waals surface area contributed by atoms with Gasteiger partial charge in [-0.1, -0.05) is 54.9 Å². The van der Waals surface area contributed by atoms with Crippen molar-refractivity contribution in [3.05, 3.63) is 0 Å². The molecule has 1 aliphatic rings. The van der Waals surface area contributed by atoms with Crippen LogP contribution in [0, 0.1) is 16.2 Å². The number of piperidine rings is 1. The fraction of sp³-hybridized carbons (Fsp3) is 1.00. The molecule has 19 heavy (non-hydrogen) atoms. The molecule has 1 saturated heterocycles. The van der Waals surface area contributed by atoms with Crippen LogP contribution in [0.15, 0.2) is 0 Å². The monoisotopic (exact) mass is 267 g/mol. The van der Waals surface area contributed by atoms with Crippen LogP contribution in [0.25, 0.3) is 0 Å². The maximum absolute atomic E-state index is 2.69. The lowest BCUT2D eigenvalue weighted by atomic mass is 9.63. The summed E-state index contributed by atoms with van der Waals surface area (Å²) in [7, 11) is 0. The van der Waals surface area contributed by atoms with E-state index in [2.05, 4.69) is 53.4 Å². The van der Waals surface area contributed by atoms with Crippen LogP contribution in [0.5, 0.6) is 0 Å². The molecule has 1 rings (SSSR count). The van der Waals surface area contributed by atoms with Gasteiger partial charge in [-0.25, -0.2) is 0 Å². The summed E-state index contributed by atoms with van der Waals surface area (Å²) in [4.78, 5) is 2.69. The number of nitrogens with zero attached hydrogens (tertiary/aromatic N) is 1. The van der Waals surface area contributed by atoms with E-state index in [1.807, 2.05) is 0 Å². The van der Waals surface area contributed by atoms with E-state index in [-0.39, 0.29) is 0 Å².